The Labute approximate surface area is 131 Å². The van der Waals surface area contributed by atoms with Crippen molar-refractivity contribution in [3.05, 3.63) is 29.8 Å². The zero-order valence-electron chi connectivity index (χ0n) is 11.6. The fourth-order valence-electron chi connectivity index (χ4n) is 2.23. The van der Waals surface area contributed by atoms with Gasteiger partial charge in [0.15, 0.2) is 5.79 Å². The summed E-state index contributed by atoms with van der Waals surface area (Å²) in [7, 11) is -4.21. The molecule has 0 bridgehead atoms. The quantitative estimate of drug-likeness (QED) is 0.818. The third-order valence-corrected chi connectivity index (χ3v) is 8.93. The van der Waals surface area contributed by atoms with Crippen LogP contribution in [0.1, 0.15) is 5.56 Å². The number of nitrogens with zero attached hydrogens (tertiary/aromatic N) is 1. The van der Waals surface area contributed by atoms with Crippen LogP contribution in [-0.2, 0) is 30.2 Å². The number of hydrogen-bond acceptors (Lipinski definition) is 5. The molecule has 2 aliphatic heterocycles. The Morgan fingerprint density at radius 3 is 2.57 bits per heavy atom. The maximum absolute atomic E-state index is 12.4. The Morgan fingerprint density at radius 2 is 1.90 bits per heavy atom. The van der Waals surface area contributed by atoms with E-state index in [9.17, 15) is 8.42 Å². The van der Waals surface area contributed by atoms with Crippen molar-refractivity contribution >= 4 is 32.5 Å². The third-order valence-electron chi connectivity index (χ3n) is 3.26. The standard InChI is InChI=1S/C13H17NO4S3/c1-11-2-4-12(5-3-11)21(15,16)14-20-9-13(8-19-10-20)17-6-7-18-13/h2-5H,6-10H2,1H3. The van der Waals surface area contributed by atoms with Gasteiger partial charge < -0.3 is 9.47 Å². The summed E-state index contributed by atoms with van der Waals surface area (Å²) >= 11 is 1.64. The second-order valence-electron chi connectivity index (χ2n) is 5.04. The molecule has 21 heavy (non-hydrogen) atoms. The summed E-state index contributed by atoms with van der Waals surface area (Å²) in [6, 6.07) is 6.78. The molecule has 0 aliphatic carbocycles. The summed E-state index contributed by atoms with van der Waals surface area (Å²) in [6.07, 6.45) is 0. The molecule has 0 radical (unpaired) electrons. The van der Waals surface area contributed by atoms with Crippen molar-refractivity contribution in [2.45, 2.75) is 17.6 Å². The summed E-state index contributed by atoms with van der Waals surface area (Å²) < 4.78 is 40.1. The van der Waals surface area contributed by atoms with Crippen LogP contribution in [0.4, 0.5) is 0 Å². The van der Waals surface area contributed by atoms with Crippen molar-refractivity contribution in [3.8, 4) is 0 Å². The van der Waals surface area contributed by atoms with Gasteiger partial charge in [0, 0.05) is 5.75 Å². The van der Waals surface area contributed by atoms with E-state index >= 15 is 0 Å². The number of thioether (sulfide) groups is 1. The van der Waals surface area contributed by atoms with Gasteiger partial charge in [-0.1, -0.05) is 28.4 Å². The van der Waals surface area contributed by atoms with Gasteiger partial charge in [0.2, 0.25) is 0 Å². The fourth-order valence-corrected chi connectivity index (χ4v) is 7.86. The monoisotopic (exact) mass is 347 g/mol. The van der Waals surface area contributed by atoms with Crippen LogP contribution in [0.5, 0.6) is 0 Å². The van der Waals surface area contributed by atoms with Crippen LogP contribution >= 0.6 is 11.8 Å². The van der Waals surface area contributed by atoms with Gasteiger partial charge in [0.25, 0.3) is 10.0 Å². The molecule has 2 aliphatic rings. The first-order valence-electron chi connectivity index (χ1n) is 6.57. The Hall–Kier alpha value is -0.410. The van der Waals surface area contributed by atoms with E-state index in [-0.39, 0.29) is 4.90 Å². The molecule has 0 aromatic heterocycles. The maximum atomic E-state index is 12.4. The lowest BCUT2D eigenvalue weighted by Crippen LogP contribution is -2.42. The number of rotatable bonds is 2. The molecule has 3 rings (SSSR count). The van der Waals surface area contributed by atoms with Crippen LogP contribution in [-0.4, -0.2) is 44.0 Å². The zero-order chi connectivity index (χ0) is 14.9. The summed E-state index contributed by atoms with van der Waals surface area (Å²) in [5.74, 6) is 0.653. The lowest BCUT2D eigenvalue weighted by Gasteiger charge is -2.31. The Morgan fingerprint density at radius 1 is 1.24 bits per heavy atom. The number of benzene rings is 1. The van der Waals surface area contributed by atoms with E-state index < -0.39 is 26.5 Å². The Kier molecular flexibility index (Phi) is 4.42. The first-order valence-corrected chi connectivity index (χ1v) is 10.7. The average Bonchev–Trinajstić information content (AvgIpc) is 2.86. The average molecular weight is 347 g/mol. The van der Waals surface area contributed by atoms with Gasteiger partial charge in [-0.3, -0.25) is 0 Å². The molecule has 2 saturated heterocycles. The third kappa shape index (κ3) is 3.50. The number of aryl methyl sites for hydroxylation is 1. The van der Waals surface area contributed by atoms with Crippen LogP contribution in [0.25, 0.3) is 0 Å². The summed E-state index contributed by atoms with van der Waals surface area (Å²) in [5, 5.41) is 0.708. The maximum Gasteiger partial charge on any atom is 0.287 e. The molecule has 1 unspecified atom stereocenters. The molecule has 116 valence electrons. The van der Waals surface area contributed by atoms with Crippen LogP contribution in [0, 0.1) is 6.92 Å². The smallest absolute Gasteiger partial charge is 0.287 e. The second-order valence-corrected chi connectivity index (χ2v) is 9.91. The van der Waals surface area contributed by atoms with Gasteiger partial charge in [-0.05, 0) is 19.1 Å². The van der Waals surface area contributed by atoms with Crippen LogP contribution < -0.4 is 0 Å². The highest BCUT2D eigenvalue weighted by Gasteiger charge is 2.40. The van der Waals surface area contributed by atoms with Crippen LogP contribution in [0.15, 0.2) is 32.9 Å². The second kappa shape index (κ2) is 6.00. The van der Waals surface area contributed by atoms with E-state index in [4.69, 9.17) is 9.47 Å². The Balaban J connectivity index is 1.84. The highest BCUT2D eigenvalue weighted by Crippen LogP contribution is 2.32. The molecule has 1 aromatic carbocycles. The molecule has 2 heterocycles. The molecule has 0 amide bonds. The lowest BCUT2D eigenvalue weighted by molar-refractivity contribution is -0.117. The van der Waals surface area contributed by atoms with Crippen LogP contribution in [0.2, 0.25) is 0 Å². The molecule has 1 atom stereocenters. The molecule has 0 N–H and O–H groups in total. The van der Waals surface area contributed by atoms with Crippen molar-refractivity contribution in [1.29, 1.82) is 0 Å². The van der Waals surface area contributed by atoms with Gasteiger partial charge in [0.1, 0.15) is 0 Å². The van der Waals surface area contributed by atoms with E-state index in [1.165, 1.54) is 0 Å². The minimum absolute atomic E-state index is 0.249. The largest absolute Gasteiger partial charge is 0.346 e. The van der Waals surface area contributed by atoms with Crippen molar-refractivity contribution < 1.29 is 17.9 Å². The molecule has 8 heteroatoms. The minimum Gasteiger partial charge on any atom is -0.346 e. The highest BCUT2D eigenvalue weighted by molar-refractivity contribution is 8.13. The molecular weight excluding hydrogens is 330 g/mol. The van der Waals surface area contributed by atoms with Gasteiger partial charge in [-0.2, -0.15) is 8.42 Å². The van der Waals surface area contributed by atoms with Crippen LogP contribution in [0.3, 0.4) is 0 Å². The highest BCUT2D eigenvalue weighted by atomic mass is 32.3. The summed E-state index contributed by atoms with van der Waals surface area (Å²) in [5.41, 5.74) is 1.02. The van der Waals surface area contributed by atoms with E-state index in [2.05, 4.69) is 3.77 Å². The zero-order valence-corrected chi connectivity index (χ0v) is 14.1. The first-order chi connectivity index (χ1) is 9.99. The lowest BCUT2D eigenvalue weighted by atomic mass is 10.2. The molecule has 1 spiro atoms. The van der Waals surface area contributed by atoms with Crippen molar-refractivity contribution in [3.63, 3.8) is 0 Å². The van der Waals surface area contributed by atoms with Crippen molar-refractivity contribution in [2.24, 2.45) is 3.77 Å². The number of hydrogen-bond donors (Lipinski definition) is 0. The molecule has 1 aromatic rings. The first kappa shape index (κ1) is 15.5. The van der Waals surface area contributed by atoms with E-state index in [1.54, 1.807) is 36.0 Å². The van der Waals surface area contributed by atoms with E-state index in [0.717, 1.165) is 11.3 Å². The van der Waals surface area contributed by atoms with Gasteiger partial charge in [0.05, 0.1) is 28.9 Å². The molecule has 5 nitrogen and oxygen atoms in total. The summed E-state index contributed by atoms with van der Waals surface area (Å²) in [4.78, 5) is 0.249. The minimum atomic E-state index is -3.61. The molecular formula is C13H17NO4S3. The number of sulfonamides is 1. The Bertz CT molecular complexity index is 648. The fraction of sp³-hybridized carbons (Fsp3) is 0.538. The van der Waals surface area contributed by atoms with Gasteiger partial charge in [-0.25, -0.2) is 0 Å². The van der Waals surface area contributed by atoms with Gasteiger partial charge in [-0.15, -0.1) is 15.5 Å². The summed E-state index contributed by atoms with van der Waals surface area (Å²) in [6.45, 7) is 3.07. The van der Waals surface area contributed by atoms with E-state index in [1.807, 2.05) is 6.92 Å². The SMILES string of the molecule is Cc1ccc(S(=O)(=O)N=S2CSCC3(C2)OCCO3)cc1. The van der Waals surface area contributed by atoms with E-state index in [0.29, 0.717) is 24.1 Å². The molecule has 0 saturated carbocycles. The van der Waals surface area contributed by atoms with Crippen molar-refractivity contribution in [1.82, 2.24) is 0 Å². The van der Waals surface area contributed by atoms with Crippen molar-refractivity contribution in [2.75, 3.05) is 29.8 Å². The normalized spacial score (nSPS) is 25.5. The predicted octanol–water partition coefficient (Wildman–Crippen LogP) is 1.93. The number of ether oxygens (including phenoxy) is 2. The molecule has 2 fully saturated rings. The predicted molar refractivity (Wildman–Crippen MR) is 85.0 cm³/mol. The topological polar surface area (TPSA) is 65.0 Å². The van der Waals surface area contributed by atoms with Gasteiger partial charge >= 0.3 is 0 Å².